The second kappa shape index (κ2) is 15.7. The van der Waals surface area contributed by atoms with Gasteiger partial charge in [-0.25, -0.2) is 0 Å². The quantitative estimate of drug-likeness (QED) is 0.119. The fourth-order valence-electron chi connectivity index (χ4n) is 6.53. The van der Waals surface area contributed by atoms with E-state index in [9.17, 15) is 9.59 Å². The van der Waals surface area contributed by atoms with Gasteiger partial charge in [0.25, 0.3) is 0 Å². The molecule has 1 N–H and O–H groups in total. The third kappa shape index (κ3) is 8.06. The molecule has 0 radical (unpaired) electrons. The highest BCUT2D eigenvalue weighted by atomic mass is 16.5. The number of piperazine rings is 1. The minimum absolute atomic E-state index is 0.0787. The molecule has 1 aliphatic heterocycles. The number of carboxylic acids is 1. The van der Waals surface area contributed by atoms with Crippen LogP contribution in [0.5, 0.6) is 17.2 Å². The molecule has 6 rings (SSSR count). The van der Waals surface area contributed by atoms with Crippen molar-refractivity contribution in [1.82, 2.24) is 9.47 Å². The SMILES string of the molecule is COc1ccc(C(CCN2CCN(c3ccccc3OC)CC2)Oc2ccc(C(=O)c3cn(CCCC(=O)O)c4ccccc34)cc2)cc1. The van der Waals surface area contributed by atoms with Crippen molar-refractivity contribution in [3.05, 3.63) is 120 Å². The number of hydrogen-bond donors (Lipinski definition) is 1. The highest BCUT2D eigenvalue weighted by Crippen LogP contribution is 2.31. The largest absolute Gasteiger partial charge is 0.497 e. The summed E-state index contributed by atoms with van der Waals surface area (Å²) in [6.45, 7) is 5.14. The van der Waals surface area contributed by atoms with Crippen molar-refractivity contribution in [2.75, 3.05) is 51.8 Å². The zero-order chi connectivity index (χ0) is 34.2. The van der Waals surface area contributed by atoms with Crippen molar-refractivity contribution < 1.29 is 28.9 Å². The first-order valence-corrected chi connectivity index (χ1v) is 16.8. The zero-order valence-corrected chi connectivity index (χ0v) is 28.1. The summed E-state index contributed by atoms with van der Waals surface area (Å²) in [4.78, 5) is 29.6. The number of carbonyl (C=O) groups excluding carboxylic acids is 1. The Balaban J connectivity index is 1.13. The van der Waals surface area contributed by atoms with Crippen LogP contribution in [0.4, 0.5) is 5.69 Å². The van der Waals surface area contributed by atoms with E-state index in [-0.39, 0.29) is 18.3 Å². The molecule has 9 heteroatoms. The molecular weight excluding hydrogens is 618 g/mol. The van der Waals surface area contributed by atoms with Crippen molar-refractivity contribution >= 4 is 28.3 Å². The summed E-state index contributed by atoms with van der Waals surface area (Å²) in [5, 5.41) is 9.93. The molecule has 5 aromatic rings. The first-order chi connectivity index (χ1) is 23.9. The molecule has 1 atom stereocenters. The lowest BCUT2D eigenvalue weighted by Crippen LogP contribution is -2.47. The van der Waals surface area contributed by atoms with Crippen molar-refractivity contribution in [1.29, 1.82) is 0 Å². The molecule has 9 nitrogen and oxygen atoms in total. The zero-order valence-electron chi connectivity index (χ0n) is 28.1. The van der Waals surface area contributed by atoms with Gasteiger partial charge in [0.1, 0.15) is 23.4 Å². The number of hydrogen-bond acceptors (Lipinski definition) is 7. The summed E-state index contributed by atoms with van der Waals surface area (Å²) in [7, 11) is 3.38. The number of para-hydroxylation sites is 3. The number of ketones is 1. The molecule has 4 aromatic carbocycles. The molecule has 0 amide bonds. The van der Waals surface area contributed by atoms with Gasteiger partial charge in [0.15, 0.2) is 5.78 Å². The van der Waals surface area contributed by atoms with E-state index in [0.29, 0.717) is 29.8 Å². The van der Waals surface area contributed by atoms with Gasteiger partial charge in [0.2, 0.25) is 0 Å². The van der Waals surface area contributed by atoms with Crippen LogP contribution in [0.3, 0.4) is 0 Å². The summed E-state index contributed by atoms with van der Waals surface area (Å²) in [5.74, 6) is 1.47. The minimum Gasteiger partial charge on any atom is -0.497 e. The Labute approximate surface area is 287 Å². The van der Waals surface area contributed by atoms with Crippen LogP contribution in [0, 0.1) is 0 Å². The lowest BCUT2D eigenvalue weighted by Gasteiger charge is -2.37. The monoisotopic (exact) mass is 661 g/mol. The second-order valence-corrected chi connectivity index (χ2v) is 12.3. The Morgan fingerprint density at radius 1 is 0.776 bits per heavy atom. The van der Waals surface area contributed by atoms with Crippen molar-refractivity contribution in [3.63, 3.8) is 0 Å². The summed E-state index contributed by atoms with van der Waals surface area (Å²) < 4.78 is 19.6. The molecule has 0 spiro atoms. The van der Waals surface area contributed by atoms with E-state index in [4.69, 9.17) is 19.3 Å². The Kier molecular flexibility index (Phi) is 10.8. The van der Waals surface area contributed by atoms with Crippen LogP contribution in [-0.2, 0) is 11.3 Å². The highest BCUT2D eigenvalue weighted by Gasteiger charge is 2.22. The number of carbonyl (C=O) groups is 2. The number of anilines is 1. The minimum atomic E-state index is -0.827. The van der Waals surface area contributed by atoms with E-state index in [2.05, 4.69) is 21.9 Å². The van der Waals surface area contributed by atoms with E-state index in [1.54, 1.807) is 14.2 Å². The fourth-order valence-corrected chi connectivity index (χ4v) is 6.53. The van der Waals surface area contributed by atoms with Gasteiger partial charge in [-0.1, -0.05) is 42.5 Å². The van der Waals surface area contributed by atoms with E-state index in [1.807, 2.05) is 95.7 Å². The van der Waals surface area contributed by atoms with Gasteiger partial charge >= 0.3 is 5.97 Å². The fraction of sp³-hybridized carbons (Fsp3) is 0.300. The van der Waals surface area contributed by atoms with Crippen LogP contribution in [0.2, 0.25) is 0 Å². The number of aliphatic carboxylic acids is 1. The summed E-state index contributed by atoms with van der Waals surface area (Å²) in [6.07, 6.45) is 3.01. The predicted molar refractivity (Wildman–Crippen MR) is 191 cm³/mol. The van der Waals surface area contributed by atoms with Crippen LogP contribution in [0.1, 0.15) is 46.9 Å². The number of carboxylic acid groups (broad SMARTS) is 1. The maximum atomic E-state index is 13.7. The Morgan fingerprint density at radius 3 is 2.18 bits per heavy atom. The number of fused-ring (bicyclic) bond motifs is 1. The van der Waals surface area contributed by atoms with Crippen LogP contribution < -0.4 is 19.1 Å². The maximum absolute atomic E-state index is 13.7. The first kappa shape index (κ1) is 33.6. The average molecular weight is 662 g/mol. The molecule has 0 aliphatic carbocycles. The Morgan fingerprint density at radius 2 is 1.47 bits per heavy atom. The number of benzene rings is 4. The first-order valence-electron chi connectivity index (χ1n) is 16.8. The topological polar surface area (TPSA) is 93.5 Å². The van der Waals surface area contributed by atoms with Gasteiger partial charge in [-0.2, -0.15) is 0 Å². The Hall–Kier alpha value is -5.28. The molecule has 1 unspecified atom stereocenters. The third-order valence-electron chi connectivity index (χ3n) is 9.21. The molecule has 0 saturated carbocycles. The van der Waals surface area contributed by atoms with E-state index in [0.717, 1.165) is 72.8 Å². The number of rotatable bonds is 15. The van der Waals surface area contributed by atoms with Gasteiger partial charge in [0.05, 0.1) is 19.9 Å². The number of ether oxygens (including phenoxy) is 3. The molecule has 49 heavy (non-hydrogen) atoms. The van der Waals surface area contributed by atoms with Crippen LogP contribution >= 0.6 is 0 Å². The van der Waals surface area contributed by atoms with Crippen LogP contribution in [-0.4, -0.2) is 73.3 Å². The van der Waals surface area contributed by atoms with Gasteiger partial charge in [0, 0.05) is 80.3 Å². The molecule has 0 bridgehead atoms. The lowest BCUT2D eigenvalue weighted by molar-refractivity contribution is -0.137. The molecule has 254 valence electrons. The van der Waals surface area contributed by atoms with E-state index in [1.165, 1.54) is 0 Å². The summed E-state index contributed by atoms with van der Waals surface area (Å²) in [6, 6.07) is 31.3. The van der Waals surface area contributed by atoms with E-state index < -0.39 is 5.97 Å². The average Bonchev–Trinajstić information content (AvgIpc) is 3.52. The van der Waals surface area contributed by atoms with Crippen molar-refractivity contribution in [3.8, 4) is 17.2 Å². The van der Waals surface area contributed by atoms with Gasteiger partial charge in [-0.3, -0.25) is 14.5 Å². The number of methoxy groups -OCH3 is 2. The van der Waals surface area contributed by atoms with Crippen molar-refractivity contribution in [2.45, 2.75) is 31.9 Å². The maximum Gasteiger partial charge on any atom is 0.303 e. The lowest BCUT2D eigenvalue weighted by atomic mass is 10.0. The normalized spacial score (nSPS) is 14.0. The second-order valence-electron chi connectivity index (χ2n) is 12.3. The summed E-state index contributed by atoms with van der Waals surface area (Å²) in [5.41, 5.74) is 4.27. The number of aromatic nitrogens is 1. The van der Waals surface area contributed by atoms with Gasteiger partial charge in [-0.05, 0) is 66.6 Å². The molecule has 2 heterocycles. The molecule has 1 saturated heterocycles. The summed E-state index contributed by atoms with van der Waals surface area (Å²) >= 11 is 0. The number of aryl methyl sites for hydroxylation is 1. The van der Waals surface area contributed by atoms with Crippen molar-refractivity contribution in [2.24, 2.45) is 0 Å². The van der Waals surface area contributed by atoms with Gasteiger partial charge in [-0.15, -0.1) is 0 Å². The number of nitrogens with zero attached hydrogens (tertiary/aromatic N) is 3. The molecule has 1 fully saturated rings. The van der Waals surface area contributed by atoms with Crippen LogP contribution in [0.15, 0.2) is 103 Å². The Bertz CT molecular complexity index is 1860. The smallest absolute Gasteiger partial charge is 0.303 e. The molecule has 1 aliphatic rings. The third-order valence-corrected chi connectivity index (χ3v) is 9.21. The van der Waals surface area contributed by atoms with Crippen LogP contribution in [0.25, 0.3) is 10.9 Å². The molecular formula is C40H43N3O6. The predicted octanol–water partition coefficient (Wildman–Crippen LogP) is 7.09. The van der Waals surface area contributed by atoms with E-state index >= 15 is 0 Å². The standard InChI is InChI=1S/C40H43N3O6/c1-47-31-17-13-29(14-18-31)37(21-23-41-24-26-42(27-25-41)36-10-5-6-11-38(36)48-2)49-32-19-15-30(16-20-32)40(46)34-28-43(22-7-12-39(44)45)35-9-4-3-8-33(34)35/h3-6,8-11,13-20,28,37H,7,12,21-27H2,1-2H3,(H,44,45). The molecule has 1 aromatic heterocycles. The van der Waals surface area contributed by atoms with Gasteiger partial charge < -0.3 is 28.8 Å². The highest BCUT2D eigenvalue weighted by molar-refractivity contribution is 6.16.